The number of carbonyl (C=O) groups excluding carboxylic acids is 1. The van der Waals surface area contributed by atoms with Crippen molar-refractivity contribution < 1.29 is 28.5 Å². The summed E-state index contributed by atoms with van der Waals surface area (Å²) in [7, 11) is 0. The van der Waals surface area contributed by atoms with Gasteiger partial charge in [0.1, 0.15) is 11.8 Å². The third-order valence-electron chi connectivity index (χ3n) is 5.83. The molecule has 8 nitrogen and oxygen atoms in total. The van der Waals surface area contributed by atoms with Gasteiger partial charge >= 0.3 is 0 Å². The van der Waals surface area contributed by atoms with Crippen LogP contribution in [0.3, 0.4) is 0 Å². The molecule has 10 heteroatoms. The van der Waals surface area contributed by atoms with E-state index < -0.39 is 23.4 Å². The topological polar surface area (TPSA) is 102 Å². The number of aromatic nitrogens is 3. The Morgan fingerprint density at radius 2 is 1.97 bits per heavy atom. The van der Waals surface area contributed by atoms with E-state index in [0.717, 1.165) is 37.8 Å². The predicted octanol–water partition coefficient (Wildman–Crippen LogP) is 4.21. The molecule has 3 aromatic rings. The number of ether oxygens (including phenoxy) is 1. The maximum absolute atomic E-state index is 14.0. The van der Waals surface area contributed by atoms with Crippen LogP contribution in [0.25, 0.3) is 0 Å². The molecule has 0 spiro atoms. The SMILES string of the molecule is O=C(Nc1ccn(CCO)n1)[C@H](CC1CCCC1)n1cc(Oc2c(F)cccc2F)cc1O. The number of hydrogen-bond acceptors (Lipinski definition) is 5. The quantitative estimate of drug-likeness (QED) is 0.444. The Kier molecular flexibility index (Phi) is 6.93. The number of rotatable bonds is 9. The third-order valence-corrected chi connectivity index (χ3v) is 5.83. The summed E-state index contributed by atoms with van der Waals surface area (Å²) < 4.78 is 36.2. The molecule has 2 heterocycles. The zero-order valence-electron chi connectivity index (χ0n) is 18.0. The summed E-state index contributed by atoms with van der Waals surface area (Å²) in [5.41, 5.74) is 0. The second-order valence-corrected chi connectivity index (χ2v) is 8.17. The first-order valence-corrected chi connectivity index (χ1v) is 10.9. The van der Waals surface area contributed by atoms with Gasteiger partial charge in [-0.25, -0.2) is 8.78 Å². The number of aliphatic hydroxyl groups excluding tert-OH is 1. The second kappa shape index (κ2) is 10.0. The van der Waals surface area contributed by atoms with Gasteiger partial charge in [0, 0.05) is 18.3 Å². The van der Waals surface area contributed by atoms with E-state index in [4.69, 9.17) is 9.84 Å². The monoisotopic (exact) mass is 460 g/mol. The van der Waals surface area contributed by atoms with Crippen molar-refractivity contribution in [2.45, 2.75) is 44.7 Å². The van der Waals surface area contributed by atoms with Gasteiger partial charge in [0.2, 0.25) is 5.91 Å². The maximum atomic E-state index is 14.0. The summed E-state index contributed by atoms with van der Waals surface area (Å²) in [4.78, 5) is 13.2. The zero-order valence-corrected chi connectivity index (χ0v) is 18.0. The Morgan fingerprint density at radius 1 is 1.24 bits per heavy atom. The molecule has 2 aromatic heterocycles. The van der Waals surface area contributed by atoms with Gasteiger partial charge in [-0.05, 0) is 24.5 Å². The number of para-hydroxylation sites is 1. The van der Waals surface area contributed by atoms with Crippen LogP contribution in [0.4, 0.5) is 14.6 Å². The van der Waals surface area contributed by atoms with Gasteiger partial charge < -0.3 is 24.8 Å². The van der Waals surface area contributed by atoms with Crippen molar-refractivity contribution in [3.63, 3.8) is 0 Å². The molecule has 0 bridgehead atoms. The fourth-order valence-electron chi connectivity index (χ4n) is 4.22. The molecular weight excluding hydrogens is 434 g/mol. The Labute approximate surface area is 189 Å². The molecule has 1 amide bonds. The predicted molar refractivity (Wildman–Crippen MR) is 116 cm³/mol. The molecule has 4 rings (SSSR count). The molecule has 0 aliphatic heterocycles. The smallest absolute Gasteiger partial charge is 0.248 e. The summed E-state index contributed by atoms with van der Waals surface area (Å²) in [6.07, 6.45) is 7.64. The summed E-state index contributed by atoms with van der Waals surface area (Å²) >= 11 is 0. The minimum absolute atomic E-state index is 0.00736. The third kappa shape index (κ3) is 5.33. The van der Waals surface area contributed by atoms with Crippen LogP contribution in [0.15, 0.2) is 42.7 Å². The number of amides is 1. The highest BCUT2D eigenvalue weighted by Crippen LogP contribution is 2.37. The lowest BCUT2D eigenvalue weighted by atomic mass is 9.97. The van der Waals surface area contributed by atoms with Crippen LogP contribution in [-0.4, -0.2) is 37.1 Å². The molecule has 176 valence electrons. The molecule has 0 saturated heterocycles. The number of halogens is 2. The van der Waals surface area contributed by atoms with Gasteiger partial charge in [0.25, 0.3) is 0 Å². The van der Waals surface area contributed by atoms with E-state index in [1.165, 1.54) is 27.6 Å². The van der Waals surface area contributed by atoms with Crippen LogP contribution in [0, 0.1) is 17.6 Å². The van der Waals surface area contributed by atoms with Crippen LogP contribution in [0.2, 0.25) is 0 Å². The number of hydrogen-bond donors (Lipinski definition) is 3. The molecule has 1 atom stereocenters. The fourth-order valence-corrected chi connectivity index (χ4v) is 4.22. The fraction of sp³-hybridized carbons (Fsp3) is 0.391. The van der Waals surface area contributed by atoms with Gasteiger partial charge in [-0.2, -0.15) is 5.10 Å². The molecule has 1 aliphatic rings. The molecule has 33 heavy (non-hydrogen) atoms. The highest BCUT2D eigenvalue weighted by molar-refractivity contribution is 5.93. The molecule has 3 N–H and O–H groups in total. The largest absolute Gasteiger partial charge is 0.494 e. The van der Waals surface area contributed by atoms with Crippen molar-refractivity contribution in [2.24, 2.45) is 5.92 Å². The van der Waals surface area contributed by atoms with E-state index in [-0.39, 0.29) is 24.1 Å². The molecule has 1 saturated carbocycles. The van der Waals surface area contributed by atoms with Gasteiger partial charge in [0.05, 0.1) is 19.3 Å². The maximum Gasteiger partial charge on any atom is 0.248 e. The summed E-state index contributed by atoms with van der Waals surface area (Å²) in [6.45, 7) is 0.217. The molecular formula is C23H26F2N4O4. The normalized spacial score (nSPS) is 15.0. The van der Waals surface area contributed by atoms with Crippen molar-refractivity contribution in [2.75, 3.05) is 11.9 Å². The van der Waals surface area contributed by atoms with Gasteiger partial charge in [-0.1, -0.05) is 31.7 Å². The first kappa shape index (κ1) is 22.8. The van der Waals surface area contributed by atoms with Crippen molar-refractivity contribution in [3.05, 3.63) is 54.4 Å². The number of aromatic hydroxyl groups is 1. The van der Waals surface area contributed by atoms with E-state index in [9.17, 15) is 18.7 Å². The Morgan fingerprint density at radius 3 is 2.67 bits per heavy atom. The van der Waals surface area contributed by atoms with Crippen molar-refractivity contribution >= 4 is 11.7 Å². The second-order valence-electron chi connectivity index (χ2n) is 8.17. The van der Waals surface area contributed by atoms with E-state index in [0.29, 0.717) is 24.7 Å². The molecule has 1 aromatic carbocycles. The van der Waals surface area contributed by atoms with Crippen LogP contribution in [0.5, 0.6) is 17.4 Å². The lowest BCUT2D eigenvalue weighted by Gasteiger charge is -2.22. The summed E-state index contributed by atoms with van der Waals surface area (Å²) in [6, 6.07) is 5.42. The summed E-state index contributed by atoms with van der Waals surface area (Å²) in [5.74, 6) is -2.34. The molecule has 1 aliphatic carbocycles. The van der Waals surface area contributed by atoms with Crippen molar-refractivity contribution in [1.82, 2.24) is 14.3 Å². The lowest BCUT2D eigenvalue weighted by Crippen LogP contribution is -2.27. The van der Waals surface area contributed by atoms with Crippen molar-refractivity contribution in [1.29, 1.82) is 0 Å². The van der Waals surface area contributed by atoms with Crippen LogP contribution < -0.4 is 10.1 Å². The standard InChI is InChI=1S/C23H26F2N4O4/c24-17-6-3-7-18(25)22(17)33-16-13-21(31)29(14-16)19(12-15-4-1-2-5-15)23(32)26-20-8-9-28(27-20)10-11-30/h3,6-9,13-15,19,30-31H,1-2,4-5,10-12H2,(H,26,27,32)/t19-/m0/s1. The van der Waals surface area contributed by atoms with Gasteiger partial charge in [-0.15, -0.1) is 0 Å². The van der Waals surface area contributed by atoms with Crippen LogP contribution >= 0.6 is 0 Å². The number of carbonyl (C=O) groups is 1. The van der Waals surface area contributed by atoms with E-state index in [1.54, 1.807) is 12.3 Å². The Balaban J connectivity index is 1.57. The summed E-state index contributed by atoms with van der Waals surface area (Å²) in [5, 5.41) is 26.5. The first-order valence-electron chi connectivity index (χ1n) is 10.9. The van der Waals surface area contributed by atoms with E-state index in [1.807, 2.05) is 0 Å². The van der Waals surface area contributed by atoms with Gasteiger partial charge in [0.15, 0.2) is 29.1 Å². The molecule has 0 radical (unpaired) electrons. The number of benzene rings is 1. The van der Waals surface area contributed by atoms with E-state index >= 15 is 0 Å². The molecule has 1 fully saturated rings. The first-order chi connectivity index (χ1) is 15.9. The average Bonchev–Trinajstić information content (AvgIpc) is 3.52. The minimum Gasteiger partial charge on any atom is -0.494 e. The van der Waals surface area contributed by atoms with Crippen LogP contribution in [0.1, 0.15) is 38.1 Å². The number of aliphatic hydroxyl groups is 1. The zero-order chi connectivity index (χ0) is 23.4. The number of anilines is 1. The van der Waals surface area contributed by atoms with Crippen molar-refractivity contribution in [3.8, 4) is 17.4 Å². The lowest BCUT2D eigenvalue weighted by molar-refractivity contribution is -0.119. The Bertz CT molecular complexity index is 1090. The average molecular weight is 460 g/mol. The number of nitrogens with one attached hydrogen (secondary N) is 1. The minimum atomic E-state index is -0.874. The van der Waals surface area contributed by atoms with Crippen LogP contribution in [-0.2, 0) is 11.3 Å². The molecule has 0 unspecified atom stereocenters. The highest BCUT2D eigenvalue weighted by atomic mass is 19.1. The van der Waals surface area contributed by atoms with Gasteiger partial charge in [-0.3, -0.25) is 9.48 Å². The van der Waals surface area contributed by atoms with E-state index in [2.05, 4.69) is 10.4 Å². The highest BCUT2D eigenvalue weighted by Gasteiger charge is 2.29. The number of nitrogens with zero attached hydrogens (tertiary/aromatic N) is 3. The Hall–Kier alpha value is -3.40.